The summed E-state index contributed by atoms with van der Waals surface area (Å²) in [5.74, 6) is 0.563. The molecular formula is C14H12FNOS. The van der Waals surface area contributed by atoms with E-state index in [1.807, 2.05) is 24.6 Å². The van der Waals surface area contributed by atoms with Gasteiger partial charge >= 0.3 is 0 Å². The van der Waals surface area contributed by atoms with Crippen LogP contribution in [0, 0.1) is 5.82 Å². The van der Waals surface area contributed by atoms with E-state index in [1.165, 1.54) is 17.0 Å². The van der Waals surface area contributed by atoms with Crippen LogP contribution in [0.5, 0.6) is 0 Å². The number of fused-ring (bicyclic) bond motifs is 1. The summed E-state index contributed by atoms with van der Waals surface area (Å²) in [4.78, 5) is 1.18. The lowest BCUT2D eigenvalue weighted by Crippen LogP contribution is -2.15. The fourth-order valence-corrected chi connectivity index (χ4v) is 2.90. The van der Waals surface area contributed by atoms with Crippen molar-refractivity contribution in [2.45, 2.75) is 6.04 Å². The first-order valence-electron chi connectivity index (χ1n) is 5.67. The summed E-state index contributed by atoms with van der Waals surface area (Å²) in [5, 5.41) is 6.04. The Hall–Kier alpha value is -1.65. The van der Waals surface area contributed by atoms with E-state index in [2.05, 4.69) is 11.4 Å². The fourth-order valence-electron chi connectivity index (χ4n) is 2.06. The van der Waals surface area contributed by atoms with E-state index in [1.54, 1.807) is 17.4 Å². The molecule has 2 aromatic heterocycles. The monoisotopic (exact) mass is 261 g/mol. The van der Waals surface area contributed by atoms with Crippen molar-refractivity contribution in [3.8, 4) is 0 Å². The normalized spacial score (nSPS) is 13.0. The van der Waals surface area contributed by atoms with Gasteiger partial charge in [-0.2, -0.15) is 0 Å². The quantitative estimate of drug-likeness (QED) is 0.772. The minimum atomic E-state index is -0.244. The molecule has 0 fully saturated rings. The maximum Gasteiger partial charge on any atom is 0.134 e. The highest BCUT2D eigenvalue weighted by Gasteiger charge is 2.17. The molecular weight excluding hydrogens is 249 g/mol. The van der Waals surface area contributed by atoms with E-state index in [0.717, 1.165) is 11.1 Å². The van der Waals surface area contributed by atoms with E-state index >= 15 is 0 Å². The second-order valence-corrected chi connectivity index (χ2v) is 5.05. The Balaban J connectivity index is 2.07. The van der Waals surface area contributed by atoms with Gasteiger partial charge in [0.25, 0.3) is 0 Å². The van der Waals surface area contributed by atoms with Gasteiger partial charge in [-0.25, -0.2) is 4.39 Å². The maximum absolute atomic E-state index is 13.1. The Labute approximate surface area is 108 Å². The van der Waals surface area contributed by atoms with Gasteiger partial charge in [0.2, 0.25) is 0 Å². The van der Waals surface area contributed by atoms with Crippen LogP contribution in [0.4, 0.5) is 4.39 Å². The van der Waals surface area contributed by atoms with Crippen molar-refractivity contribution in [3.05, 3.63) is 58.2 Å². The Morgan fingerprint density at radius 3 is 2.89 bits per heavy atom. The molecule has 1 unspecified atom stereocenters. The van der Waals surface area contributed by atoms with Crippen molar-refractivity contribution >= 4 is 22.3 Å². The first-order valence-corrected chi connectivity index (χ1v) is 6.55. The molecule has 2 heterocycles. The number of halogens is 1. The third kappa shape index (κ3) is 1.94. The fraction of sp³-hybridized carbons (Fsp3) is 0.143. The molecule has 0 saturated carbocycles. The molecule has 0 saturated heterocycles. The van der Waals surface area contributed by atoms with Gasteiger partial charge in [0.1, 0.15) is 23.2 Å². The molecule has 0 amide bonds. The minimum absolute atomic E-state index is 0.0143. The zero-order chi connectivity index (χ0) is 12.5. The van der Waals surface area contributed by atoms with Crippen LogP contribution in [0.15, 0.2) is 46.2 Å². The van der Waals surface area contributed by atoms with Gasteiger partial charge in [0.05, 0.1) is 0 Å². The second-order valence-electron chi connectivity index (χ2n) is 4.07. The van der Waals surface area contributed by atoms with Crippen molar-refractivity contribution in [1.29, 1.82) is 0 Å². The lowest BCUT2D eigenvalue weighted by Gasteiger charge is -2.10. The Morgan fingerprint density at radius 2 is 2.17 bits per heavy atom. The largest absolute Gasteiger partial charge is 0.459 e. The summed E-state index contributed by atoms with van der Waals surface area (Å²) in [6.07, 6.45) is 0. The van der Waals surface area contributed by atoms with Gasteiger partial charge in [-0.1, -0.05) is 6.07 Å². The van der Waals surface area contributed by atoms with E-state index in [4.69, 9.17) is 4.42 Å². The van der Waals surface area contributed by atoms with Gasteiger partial charge in [0.15, 0.2) is 0 Å². The molecule has 92 valence electrons. The van der Waals surface area contributed by atoms with Crippen LogP contribution in [0.1, 0.15) is 16.7 Å². The summed E-state index contributed by atoms with van der Waals surface area (Å²) in [6.45, 7) is 0. The lowest BCUT2D eigenvalue weighted by molar-refractivity contribution is 0.495. The molecule has 0 aliphatic heterocycles. The van der Waals surface area contributed by atoms with Crippen LogP contribution < -0.4 is 5.32 Å². The minimum Gasteiger partial charge on any atom is -0.459 e. The standard InChI is InChI=1S/C14H12FNOS/c1-16-14(13-3-2-6-18-13)12-8-9-7-10(15)4-5-11(9)17-12/h2-8,14,16H,1H3. The van der Waals surface area contributed by atoms with Crippen LogP contribution in [0.2, 0.25) is 0 Å². The highest BCUT2D eigenvalue weighted by molar-refractivity contribution is 7.10. The Bertz CT molecular complexity index is 660. The predicted molar refractivity (Wildman–Crippen MR) is 71.4 cm³/mol. The Morgan fingerprint density at radius 1 is 1.28 bits per heavy atom. The highest BCUT2D eigenvalue weighted by Crippen LogP contribution is 2.30. The number of hydrogen-bond acceptors (Lipinski definition) is 3. The molecule has 1 atom stereocenters. The molecule has 18 heavy (non-hydrogen) atoms. The summed E-state index contributed by atoms with van der Waals surface area (Å²) >= 11 is 1.67. The number of rotatable bonds is 3. The average molecular weight is 261 g/mol. The third-order valence-electron chi connectivity index (χ3n) is 2.90. The smallest absolute Gasteiger partial charge is 0.134 e. The summed E-state index contributed by atoms with van der Waals surface area (Å²) in [5.41, 5.74) is 0.711. The lowest BCUT2D eigenvalue weighted by atomic mass is 10.1. The van der Waals surface area contributed by atoms with Crippen LogP contribution in [0.3, 0.4) is 0 Å². The van der Waals surface area contributed by atoms with Crippen molar-refractivity contribution in [3.63, 3.8) is 0 Å². The van der Waals surface area contributed by atoms with Gasteiger partial charge < -0.3 is 9.73 Å². The topological polar surface area (TPSA) is 25.2 Å². The molecule has 0 radical (unpaired) electrons. The van der Waals surface area contributed by atoms with Gasteiger partial charge in [0, 0.05) is 10.3 Å². The second kappa shape index (κ2) is 4.55. The summed E-state index contributed by atoms with van der Waals surface area (Å²) in [6, 6.07) is 10.5. The van der Waals surface area contributed by atoms with Crippen molar-refractivity contribution in [1.82, 2.24) is 5.32 Å². The molecule has 3 aromatic rings. The van der Waals surface area contributed by atoms with Crippen LogP contribution in [-0.4, -0.2) is 7.05 Å². The molecule has 1 N–H and O–H groups in total. The molecule has 0 bridgehead atoms. The molecule has 4 heteroatoms. The van der Waals surface area contributed by atoms with Gasteiger partial charge in [-0.05, 0) is 42.8 Å². The number of hydrogen-bond donors (Lipinski definition) is 1. The molecule has 1 aromatic carbocycles. The van der Waals surface area contributed by atoms with Gasteiger partial charge in [-0.3, -0.25) is 0 Å². The van der Waals surface area contributed by atoms with Crippen LogP contribution in [-0.2, 0) is 0 Å². The highest BCUT2D eigenvalue weighted by atomic mass is 32.1. The number of furan rings is 1. The predicted octanol–water partition coefficient (Wildman–Crippen LogP) is 3.94. The van der Waals surface area contributed by atoms with Crippen LogP contribution in [0.25, 0.3) is 11.0 Å². The summed E-state index contributed by atoms with van der Waals surface area (Å²) in [7, 11) is 1.89. The third-order valence-corrected chi connectivity index (χ3v) is 3.84. The summed E-state index contributed by atoms with van der Waals surface area (Å²) < 4.78 is 18.9. The molecule has 0 aliphatic carbocycles. The zero-order valence-electron chi connectivity index (χ0n) is 9.81. The van der Waals surface area contributed by atoms with E-state index < -0.39 is 0 Å². The number of thiophene rings is 1. The molecule has 2 nitrogen and oxygen atoms in total. The SMILES string of the molecule is CNC(c1cc2cc(F)ccc2o1)c1cccs1. The number of nitrogens with one attached hydrogen (secondary N) is 1. The molecule has 3 rings (SSSR count). The first kappa shape index (κ1) is 11.4. The number of benzene rings is 1. The first-order chi connectivity index (χ1) is 8.78. The zero-order valence-corrected chi connectivity index (χ0v) is 10.6. The average Bonchev–Trinajstić information content (AvgIpc) is 2.98. The van der Waals surface area contributed by atoms with E-state index in [-0.39, 0.29) is 11.9 Å². The maximum atomic E-state index is 13.1. The van der Waals surface area contributed by atoms with Crippen molar-refractivity contribution < 1.29 is 8.81 Å². The molecule has 0 spiro atoms. The van der Waals surface area contributed by atoms with Gasteiger partial charge in [-0.15, -0.1) is 11.3 Å². The van der Waals surface area contributed by atoms with E-state index in [0.29, 0.717) is 5.58 Å². The Kier molecular flexibility index (Phi) is 2.89. The molecule has 0 aliphatic rings. The van der Waals surface area contributed by atoms with E-state index in [9.17, 15) is 4.39 Å². The van der Waals surface area contributed by atoms with Crippen LogP contribution >= 0.6 is 11.3 Å². The van der Waals surface area contributed by atoms with Crippen molar-refractivity contribution in [2.24, 2.45) is 0 Å². The van der Waals surface area contributed by atoms with Crippen molar-refractivity contribution in [2.75, 3.05) is 7.05 Å².